The third-order valence-corrected chi connectivity index (χ3v) is 3.07. The van der Waals surface area contributed by atoms with Gasteiger partial charge in [0.05, 0.1) is 12.2 Å². The lowest BCUT2D eigenvalue weighted by Crippen LogP contribution is -2.39. The van der Waals surface area contributed by atoms with Crippen molar-refractivity contribution in [2.75, 3.05) is 0 Å². The number of rotatable bonds is 5. The van der Waals surface area contributed by atoms with E-state index in [1.165, 1.54) is 6.92 Å². The largest absolute Gasteiger partial charge is 0.481 e. The van der Waals surface area contributed by atoms with E-state index in [1.807, 2.05) is 18.2 Å². The fourth-order valence-corrected chi connectivity index (χ4v) is 1.79. The average molecular weight is 248 g/mol. The van der Waals surface area contributed by atoms with Gasteiger partial charge in [-0.05, 0) is 31.9 Å². The maximum absolute atomic E-state index is 12.1. The van der Waals surface area contributed by atoms with Gasteiger partial charge in [-0.1, -0.05) is 6.07 Å². The average Bonchev–Trinajstić information content (AvgIpc) is 3.19. The molecule has 96 valence electrons. The zero-order chi connectivity index (χ0) is 13.1. The van der Waals surface area contributed by atoms with Crippen molar-refractivity contribution in [2.24, 2.45) is 5.92 Å². The zero-order valence-corrected chi connectivity index (χ0v) is 10.2. The lowest BCUT2D eigenvalue weighted by molar-refractivity contribution is -0.150. The van der Waals surface area contributed by atoms with Crippen LogP contribution in [-0.4, -0.2) is 32.9 Å². The molecule has 5 heteroatoms. The molecule has 0 radical (unpaired) electrons. The topological polar surface area (TPSA) is 70.5 Å². The van der Waals surface area contributed by atoms with Crippen molar-refractivity contribution < 1.29 is 14.7 Å². The van der Waals surface area contributed by atoms with Crippen LogP contribution >= 0.6 is 0 Å². The van der Waals surface area contributed by atoms with E-state index < -0.39 is 11.9 Å². The van der Waals surface area contributed by atoms with E-state index in [-0.39, 0.29) is 11.9 Å². The van der Waals surface area contributed by atoms with Gasteiger partial charge in [-0.2, -0.15) is 0 Å². The molecule has 1 amide bonds. The normalized spacial score (nSPS) is 16.1. The molecule has 0 spiro atoms. The zero-order valence-electron chi connectivity index (χ0n) is 10.2. The smallest absolute Gasteiger partial charge is 0.315 e. The first-order valence-electron chi connectivity index (χ1n) is 6.03. The van der Waals surface area contributed by atoms with Crippen molar-refractivity contribution >= 4 is 11.9 Å². The molecule has 1 aromatic rings. The van der Waals surface area contributed by atoms with Crippen LogP contribution in [0.5, 0.6) is 0 Å². The Labute approximate surface area is 105 Å². The molecule has 1 saturated carbocycles. The van der Waals surface area contributed by atoms with Crippen LogP contribution in [0.3, 0.4) is 0 Å². The molecule has 1 aliphatic carbocycles. The lowest BCUT2D eigenvalue weighted by Gasteiger charge is -2.23. The van der Waals surface area contributed by atoms with E-state index >= 15 is 0 Å². The van der Waals surface area contributed by atoms with E-state index in [1.54, 1.807) is 11.1 Å². The fourth-order valence-electron chi connectivity index (χ4n) is 1.79. The molecular formula is C13H16N2O3. The van der Waals surface area contributed by atoms with Gasteiger partial charge < -0.3 is 10.0 Å². The van der Waals surface area contributed by atoms with Crippen molar-refractivity contribution in [1.29, 1.82) is 0 Å². The number of carbonyl (C=O) groups is 2. The summed E-state index contributed by atoms with van der Waals surface area (Å²) in [6.45, 7) is 1.82. The summed E-state index contributed by atoms with van der Waals surface area (Å²) < 4.78 is 0. The minimum Gasteiger partial charge on any atom is -0.481 e. The molecule has 2 rings (SSSR count). The Hall–Kier alpha value is -1.91. The van der Waals surface area contributed by atoms with Crippen LogP contribution in [-0.2, 0) is 16.1 Å². The lowest BCUT2D eigenvalue weighted by atomic mass is 10.1. The van der Waals surface area contributed by atoms with Crippen LogP contribution in [0, 0.1) is 5.92 Å². The standard InChI is InChI=1S/C13H16N2O3/c1-9(13(17)18)12(16)15(11-5-6-11)8-10-4-2-3-7-14-10/h2-4,7,9,11H,5-6,8H2,1H3,(H,17,18). The second-order valence-corrected chi connectivity index (χ2v) is 4.58. The van der Waals surface area contributed by atoms with Gasteiger partial charge >= 0.3 is 5.97 Å². The Balaban J connectivity index is 2.09. The monoisotopic (exact) mass is 248 g/mol. The van der Waals surface area contributed by atoms with Crippen molar-refractivity contribution in [2.45, 2.75) is 32.4 Å². The van der Waals surface area contributed by atoms with Crippen LogP contribution < -0.4 is 0 Å². The first-order chi connectivity index (χ1) is 8.59. The summed E-state index contributed by atoms with van der Waals surface area (Å²) in [5.74, 6) is -2.39. The summed E-state index contributed by atoms with van der Waals surface area (Å²) in [5.41, 5.74) is 0.787. The van der Waals surface area contributed by atoms with Crippen LogP contribution in [0.25, 0.3) is 0 Å². The number of amides is 1. The third-order valence-electron chi connectivity index (χ3n) is 3.07. The van der Waals surface area contributed by atoms with E-state index in [9.17, 15) is 9.59 Å². The molecule has 0 aliphatic heterocycles. The Morgan fingerprint density at radius 1 is 1.50 bits per heavy atom. The van der Waals surface area contributed by atoms with Crippen LogP contribution in [0.2, 0.25) is 0 Å². The second-order valence-electron chi connectivity index (χ2n) is 4.58. The van der Waals surface area contributed by atoms with E-state index in [0.717, 1.165) is 18.5 Å². The Kier molecular flexibility index (Phi) is 3.60. The maximum atomic E-state index is 12.1. The number of aromatic nitrogens is 1. The van der Waals surface area contributed by atoms with Crippen molar-refractivity contribution in [3.63, 3.8) is 0 Å². The summed E-state index contributed by atoms with van der Waals surface area (Å²) >= 11 is 0. The summed E-state index contributed by atoms with van der Waals surface area (Å²) in [7, 11) is 0. The highest BCUT2D eigenvalue weighted by molar-refractivity contribution is 5.96. The second kappa shape index (κ2) is 5.16. The van der Waals surface area contributed by atoms with Gasteiger partial charge in [0.15, 0.2) is 0 Å². The Morgan fingerprint density at radius 3 is 2.72 bits per heavy atom. The maximum Gasteiger partial charge on any atom is 0.315 e. The predicted molar refractivity (Wildman–Crippen MR) is 64.6 cm³/mol. The Morgan fingerprint density at radius 2 is 2.22 bits per heavy atom. The van der Waals surface area contributed by atoms with Gasteiger partial charge in [-0.15, -0.1) is 0 Å². The summed E-state index contributed by atoms with van der Waals surface area (Å²) in [6, 6.07) is 5.69. The molecule has 1 aliphatic rings. The summed E-state index contributed by atoms with van der Waals surface area (Å²) in [6.07, 6.45) is 3.57. The molecule has 0 bridgehead atoms. The number of carboxylic acid groups (broad SMARTS) is 1. The van der Waals surface area contributed by atoms with Crippen LogP contribution in [0.15, 0.2) is 24.4 Å². The minimum atomic E-state index is -1.08. The molecule has 1 atom stereocenters. The third kappa shape index (κ3) is 2.85. The highest BCUT2D eigenvalue weighted by Gasteiger charge is 2.36. The van der Waals surface area contributed by atoms with Crippen LogP contribution in [0.4, 0.5) is 0 Å². The first kappa shape index (κ1) is 12.5. The molecule has 1 unspecified atom stereocenters. The van der Waals surface area contributed by atoms with Gasteiger partial charge in [0, 0.05) is 12.2 Å². The van der Waals surface area contributed by atoms with E-state index in [0.29, 0.717) is 6.54 Å². The van der Waals surface area contributed by atoms with E-state index in [4.69, 9.17) is 5.11 Å². The highest BCUT2D eigenvalue weighted by atomic mass is 16.4. The fraction of sp³-hybridized carbons (Fsp3) is 0.462. The molecule has 0 saturated heterocycles. The van der Waals surface area contributed by atoms with Crippen molar-refractivity contribution in [1.82, 2.24) is 9.88 Å². The SMILES string of the molecule is CC(C(=O)O)C(=O)N(Cc1ccccn1)C1CC1. The molecular weight excluding hydrogens is 232 g/mol. The van der Waals surface area contributed by atoms with Gasteiger partial charge in [-0.25, -0.2) is 0 Å². The van der Waals surface area contributed by atoms with E-state index in [2.05, 4.69) is 4.98 Å². The number of hydrogen-bond acceptors (Lipinski definition) is 3. The number of carboxylic acids is 1. The van der Waals surface area contributed by atoms with Gasteiger partial charge in [-0.3, -0.25) is 14.6 Å². The van der Waals surface area contributed by atoms with Gasteiger partial charge in [0.2, 0.25) is 5.91 Å². The molecule has 1 heterocycles. The first-order valence-corrected chi connectivity index (χ1v) is 6.03. The number of pyridine rings is 1. The summed E-state index contributed by atoms with van der Waals surface area (Å²) in [4.78, 5) is 28.8. The van der Waals surface area contributed by atoms with Gasteiger partial charge in [0.1, 0.15) is 5.92 Å². The number of carbonyl (C=O) groups excluding carboxylic acids is 1. The number of aliphatic carboxylic acids is 1. The molecule has 5 nitrogen and oxygen atoms in total. The molecule has 1 fully saturated rings. The van der Waals surface area contributed by atoms with Crippen molar-refractivity contribution in [3.8, 4) is 0 Å². The Bertz CT molecular complexity index is 443. The quantitative estimate of drug-likeness (QED) is 0.797. The predicted octanol–water partition coefficient (Wildman–Crippen LogP) is 1.29. The number of hydrogen-bond donors (Lipinski definition) is 1. The molecule has 0 aromatic carbocycles. The molecule has 1 N–H and O–H groups in total. The highest BCUT2D eigenvalue weighted by Crippen LogP contribution is 2.29. The van der Waals surface area contributed by atoms with Crippen molar-refractivity contribution in [3.05, 3.63) is 30.1 Å². The van der Waals surface area contributed by atoms with Gasteiger partial charge in [0.25, 0.3) is 0 Å². The molecule has 18 heavy (non-hydrogen) atoms. The number of nitrogens with zero attached hydrogens (tertiary/aromatic N) is 2. The minimum absolute atomic E-state index is 0.182. The molecule has 1 aromatic heterocycles. The van der Waals surface area contributed by atoms with Crippen LogP contribution in [0.1, 0.15) is 25.5 Å². The summed E-state index contributed by atoms with van der Waals surface area (Å²) in [5, 5.41) is 8.91.